The van der Waals surface area contributed by atoms with Gasteiger partial charge in [-0.25, -0.2) is 0 Å². The molecule has 1 aliphatic heterocycles. The van der Waals surface area contributed by atoms with E-state index in [1.54, 1.807) is 25.4 Å². The number of methoxy groups -OCH3 is 2. The smallest absolute Gasteiger partial charge is 0.326 e. The molecule has 1 aromatic heterocycles. The monoisotopic (exact) mass is 492 g/mol. The average Bonchev–Trinajstić information content (AvgIpc) is 2.92. The van der Waals surface area contributed by atoms with Crippen molar-refractivity contribution in [3.8, 4) is 5.75 Å². The zero-order valence-electron chi connectivity index (χ0n) is 20.6. The SMILES string of the molecule is COC(=O)C1(NCC(=O)Nc2ccccc2)CCN(C[C@@H](O)c2ccnc3ccc(OC)cc23)CC1. The third kappa shape index (κ3) is 5.81. The zero-order valence-corrected chi connectivity index (χ0v) is 20.6. The first kappa shape index (κ1) is 25.6. The number of carbonyl (C=O) groups excluding carboxylic acids is 2. The molecule has 36 heavy (non-hydrogen) atoms. The number of aliphatic hydroxyl groups excluding tert-OH is 1. The molecular weight excluding hydrogens is 460 g/mol. The number of amides is 1. The molecule has 1 saturated heterocycles. The Bertz CT molecular complexity index is 1200. The number of nitrogens with one attached hydrogen (secondary N) is 2. The van der Waals surface area contributed by atoms with Gasteiger partial charge in [-0.3, -0.25) is 19.9 Å². The molecule has 0 aliphatic carbocycles. The molecule has 9 nitrogen and oxygen atoms in total. The first-order chi connectivity index (χ1) is 17.4. The molecule has 190 valence electrons. The molecule has 9 heteroatoms. The second-order valence-corrected chi connectivity index (χ2v) is 8.94. The number of rotatable bonds is 9. The lowest BCUT2D eigenvalue weighted by Crippen LogP contribution is -2.60. The first-order valence-corrected chi connectivity index (χ1v) is 12.0. The fourth-order valence-corrected chi connectivity index (χ4v) is 4.65. The fourth-order valence-electron chi connectivity index (χ4n) is 4.65. The number of β-amino-alcohol motifs (C(OH)–C–C–N with tert-alkyl or cyclic N) is 1. The molecule has 0 radical (unpaired) electrons. The Hall–Kier alpha value is -3.53. The van der Waals surface area contributed by atoms with Crippen molar-refractivity contribution in [2.75, 3.05) is 45.7 Å². The number of para-hydroxylation sites is 1. The van der Waals surface area contributed by atoms with Crippen molar-refractivity contribution in [3.63, 3.8) is 0 Å². The molecule has 2 heterocycles. The fraction of sp³-hybridized carbons (Fsp3) is 0.370. The van der Waals surface area contributed by atoms with Crippen LogP contribution < -0.4 is 15.4 Å². The lowest BCUT2D eigenvalue weighted by atomic mass is 9.87. The van der Waals surface area contributed by atoms with Crippen LogP contribution in [0.25, 0.3) is 10.9 Å². The summed E-state index contributed by atoms with van der Waals surface area (Å²) in [5.41, 5.74) is 1.30. The number of aromatic nitrogens is 1. The second-order valence-electron chi connectivity index (χ2n) is 8.94. The Morgan fingerprint density at radius 1 is 1.11 bits per heavy atom. The van der Waals surface area contributed by atoms with E-state index in [2.05, 4.69) is 20.5 Å². The lowest BCUT2D eigenvalue weighted by molar-refractivity contribution is -0.151. The highest BCUT2D eigenvalue weighted by atomic mass is 16.5. The highest BCUT2D eigenvalue weighted by molar-refractivity contribution is 5.93. The van der Waals surface area contributed by atoms with Gasteiger partial charge in [-0.05, 0) is 54.8 Å². The number of hydrogen-bond acceptors (Lipinski definition) is 8. The van der Waals surface area contributed by atoms with Crippen molar-refractivity contribution >= 4 is 28.5 Å². The molecule has 0 unspecified atom stereocenters. The molecular formula is C27H32N4O5. The predicted molar refractivity (Wildman–Crippen MR) is 137 cm³/mol. The second kappa shape index (κ2) is 11.5. The minimum absolute atomic E-state index is 0.0164. The van der Waals surface area contributed by atoms with Crippen LogP contribution in [0.3, 0.4) is 0 Å². The van der Waals surface area contributed by atoms with Gasteiger partial charge in [0.05, 0.1) is 32.4 Å². The third-order valence-electron chi connectivity index (χ3n) is 6.70. The molecule has 1 amide bonds. The van der Waals surface area contributed by atoms with E-state index in [-0.39, 0.29) is 18.4 Å². The highest BCUT2D eigenvalue weighted by Gasteiger charge is 2.42. The number of ether oxygens (including phenoxy) is 2. The van der Waals surface area contributed by atoms with Crippen LogP contribution in [0.4, 0.5) is 5.69 Å². The number of carbonyl (C=O) groups is 2. The summed E-state index contributed by atoms with van der Waals surface area (Å²) in [6, 6.07) is 16.6. The van der Waals surface area contributed by atoms with Crippen molar-refractivity contribution in [1.82, 2.24) is 15.2 Å². The Kier molecular flexibility index (Phi) is 8.14. The van der Waals surface area contributed by atoms with Gasteiger partial charge in [0, 0.05) is 36.9 Å². The summed E-state index contributed by atoms with van der Waals surface area (Å²) in [4.78, 5) is 31.7. The van der Waals surface area contributed by atoms with E-state index >= 15 is 0 Å². The van der Waals surface area contributed by atoms with Crippen LogP contribution in [0.1, 0.15) is 24.5 Å². The molecule has 2 aromatic carbocycles. The molecule has 4 rings (SSSR count). The van der Waals surface area contributed by atoms with Crippen LogP contribution in [0.2, 0.25) is 0 Å². The quantitative estimate of drug-likeness (QED) is 0.391. The van der Waals surface area contributed by atoms with Gasteiger partial charge in [0.2, 0.25) is 5.91 Å². The van der Waals surface area contributed by atoms with Gasteiger partial charge < -0.3 is 24.8 Å². The van der Waals surface area contributed by atoms with E-state index in [4.69, 9.17) is 9.47 Å². The number of benzene rings is 2. The molecule has 0 spiro atoms. The Morgan fingerprint density at radius 2 is 1.86 bits per heavy atom. The number of anilines is 1. The Morgan fingerprint density at radius 3 is 2.56 bits per heavy atom. The van der Waals surface area contributed by atoms with Crippen LogP contribution in [-0.4, -0.2) is 72.8 Å². The topological polar surface area (TPSA) is 113 Å². The van der Waals surface area contributed by atoms with E-state index in [1.165, 1.54) is 7.11 Å². The zero-order chi connectivity index (χ0) is 25.5. The molecule has 3 N–H and O–H groups in total. The minimum Gasteiger partial charge on any atom is -0.497 e. The maximum atomic E-state index is 12.7. The minimum atomic E-state index is -0.957. The van der Waals surface area contributed by atoms with Gasteiger partial charge in [0.1, 0.15) is 11.3 Å². The van der Waals surface area contributed by atoms with Gasteiger partial charge in [0.15, 0.2) is 0 Å². The first-order valence-electron chi connectivity index (χ1n) is 12.0. The third-order valence-corrected chi connectivity index (χ3v) is 6.70. The maximum Gasteiger partial charge on any atom is 0.326 e. The standard InChI is InChI=1S/C27H32N4O5/c1-35-20-8-9-23-22(16-20)21(10-13-28-23)24(32)18-31-14-11-27(12-15-31,26(34)36-2)29-17-25(33)30-19-6-4-3-5-7-19/h3-10,13,16,24,29,32H,11-12,14-15,17-18H2,1-2H3,(H,30,33)/t24-/m1/s1. The Labute approximate surface area is 210 Å². The van der Waals surface area contributed by atoms with Crippen LogP contribution in [-0.2, 0) is 14.3 Å². The van der Waals surface area contributed by atoms with E-state index in [1.807, 2.05) is 42.5 Å². The van der Waals surface area contributed by atoms with Gasteiger partial charge >= 0.3 is 5.97 Å². The number of pyridine rings is 1. The summed E-state index contributed by atoms with van der Waals surface area (Å²) in [5.74, 6) is 0.0805. The molecule has 0 bridgehead atoms. The van der Waals surface area contributed by atoms with Gasteiger partial charge in [0.25, 0.3) is 0 Å². The number of esters is 1. The van der Waals surface area contributed by atoms with Gasteiger partial charge in [-0.15, -0.1) is 0 Å². The van der Waals surface area contributed by atoms with Crippen molar-refractivity contribution in [1.29, 1.82) is 0 Å². The summed E-state index contributed by atoms with van der Waals surface area (Å²) in [6.07, 6.45) is 1.86. The number of piperidine rings is 1. The van der Waals surface area contributed by atoms with Crippen LogP contribution in [0.5, 0.6) is 5.75 Å². The van der Waals surface area contributed by atoms with E-state index < -0.39 is 11.6 Å². The van der Waals surface area contributed by atoms with Gasteiger partial charge in [-0.1, -0.05) is 18.2 Å². The van der Waals surface area contributed by atoms with Crippen LogP contribution >= 0.6 is 0 Å². The number of aliphatic hydroxyl groups is 1. The number of likely N-dealkylation sites (tertiary alicyclic amines) is 1. The van der Waals surface area contributed by atoms with Crippen molar-refractivity contribution in [2.45, 2.75) is 24.5 Å². The summed E-state index contributed by atoms with van der Waals surface area (Å²) in [5, 5.41) is 17.9. The van der Waals surface area contributed by atoms with Gasteiger partial charge in [-0.2, -0.15) is 0 Å². The number of nitrogens with zero attached hydrogens (tertiary/aromatic N) is 2. The van der Waals surface area contributed by atoms with Crippen molar-refractivity contribution in [2.24, 2.45) is 0 Å². The average molecular weight is 493 g/mol. The lowest BCUT2D eigenvalue weighted by Gasteiger charge is -2.40. The molecule has 3 aromatic rings. The van der Waals surface area contributed by atoms with Crippen molar-refractivity contribution in [3.05, 3.63) is 66.4 Å². The maximum absolute atomic E-state index is 12.7. The number of fused-ring (bicyclic) bond motifs is 1. The van der Waals surface area contributed by atoms with E-state index in [0.29, 0.717) is 43.9 Å². The normalized spacial score (nSPS) is 16.3. The van der Waals surface area contributed by atoms with Crippen LogP contribution in [0.15, 0.2) is 60.8 Å². The molecule has 1 fully saturated rings. The van der Waals surface area contributed by atoms with Crippen molar-refractivity contribution < 1.29 is 24.2 Å². The predicted octanol–water partition coefficient (Wildman–Crippen LogP) is 2.51. The Balaban J connectivity index is 1.38. The van der Waals surface area contributed by atoms with E-state index in [0.717, 1.165) is 16.5 Å². The van der Waals surface area contributed by atoms with E-state index in [9.17, 15) is 14.7 Å². The summed E-state index contributed by atoms with van der Waals surface area (Å²) < 4.78 is 10.4. The highest BCUT2D eigenvalue weighted by Crippen LogP contribution is 2.29. The largest absolute Gasteiger partial charge is 0.497 e. The summed E-state index contributed by atoms with van der Waals surface area (Å²) in [7, 11) is 2.96. The summed E-state index contributed by atoms with van der Waals surface area (Å²) >= 11 is 0. The molecule has 1 aliphatic rings. The number of hydrogen-bond donors (Lipinski definition) is 3. The van der Waals surface area contributed by atoms with Crippen LogP contribution in [0, 0.1) is 0 Å². The molecule has 1 atom stereocenters. The molecule has 0 saturated carbocycles. The summed E-state index contributed by atoms with van der Waals surface area (Å²) in [6.45, 7) is 1.51.